The number of hydrogen-bond donors (Lipinski definition) is 0. The van der Waals surface area contributed by atoms with Gasteiger partial charge in [0.2, 0.25) is 0 Å². The van der Waals surface area contributed by atoms with Crippen molar-refractivity contribution in [3.8, 4) is 0 Å². The molecule has 1 spiro atoms. The normalized spacial score (nSPS) is 36.8. The second kappa shape index (κ2) is 3.32. The van der Waals surface area contributed by atoms with Crippen LogP contribution in [0.3, 0.4) is 0 Å². The van der Waals surface area contributed by atoms with Crippen LogP contribution in [-0.4, -0.2) is 25.0 Å². The average Bonchev–Trinajstić information content (AvgIpc) is 2.57. The predicted molar refractivity (Wildman–Crippen MR) is 65.9 cm³/mol. The van der Waals surface area contributed by atoms with Gasteiger partial charge in [0.1, 0.15) is 0 Å². The first-order valence-electron chi connectivity index (χ1n) is 6.66. The minimum absolute atomic E-state index is 0.267. The van der Waals surface area contributed by atoms with E-state index in [4.69, 9.17) is 9.73 Å². The first-order chi connectivity index (χ1) is 7.51. The zero-order chi connectivity index (χ0) is 11.4. The maximum Gasteiger partial charge on any atom is 0.0631 e. The van der Waals surface area contributed by atoms with Crippen molar-refractivity contribution < 1.29 is 4.74 Å². The molecule has 0 aromatic heterocycles. The molecule has 2 aliphatic heterocycles. The zero-order valence-electron chi connectivity index (χ0n) is 10.8. The smallest absolute Gasteiger partial charge is 0.0631 e. The Hall–Kier alpha value is -0.370. The molecule has 16 heavy (non-hydrogen) atoms. The Kier molecular flexibility index (Phi) is 2.23. The Balaban J connectivity index is 1.87. The fourth-order valence-electron chi connectivity index (χ4n) is 3.63. The lowest BCUT2D eigenvalue weighted by Crippen LogP contribution is -2.54. The SMILES string of the molecule is CC(C)(C)C1=NC2C(CCCC23COC3)C1. The molecule has 1 saturated carbocycles. The summed E-state index contributed by atoms with van der Waals surface area (Å²) >= 11 is 0. The predicted octanol–water partition coefficient (Wildman–Crippen LogP) is 3.06. The standard InChI is InChI=1S/C14H23NO/c1-13(2,3)11-7-10-5-4-6-14(8-16-9-14)12(10)15-11/h10,12H,4-9H2,1-3H3. The van der Waals surface area contributed by atoms with Gasteiger partial charge in [-0.1, -0.05) is 27.2 Å². The minimum Gasteiger partial charge on any atom is -0.380 e. The zero-order valence-corrected chi connectivity index (χ0v) is 10.8. The van der Waals surface area contributed by atoms with Gasteiger partial charge >= 0.3 is 0 Å². The Labute approximate surface area is 98.5 Å². The third-order valence-electron chi connectivity index (χ3n) is 4.72. The van der Waals surface area contributed by atoms with Gasteiger partial charge in [0.15, 0.2) is 0 Å². The van der Waals surface area contributed by atoms with Crippen LogP contribution < -0.4 is 0 Å². The second-order valence-corrected chi connectivity index (χ2v) is 6.98. The van der Waals surface area contributed by atoms with Gasteiger partial charge in [-0.2, -0.15) is 0 Å². The second-order valence-electron chi connectivity index (χ2n) is 6.98. The molecule has 0 bridgehead atoms. The molecular weight excluding hydrogens is 198 g/mol. The van der Waals surface area contributed by atoms with Gasteiger partial charge in [-0.05, 0) is 30.6 Å². The van der Waals surface area contributed by atoms with Crippen molar-refractivity contribution in [1.29, 1.82) is 0 Å². The Morgan fingerprint density at radius 3 is 2.62 bits per heavy atom. The Morgan fingerprint density at radius 2 is 2.06 bits per heavy atom. The lowest BCUT2D eigenvalue weighted by molar-refractivity contribution is -0.148. The van der Waals surface area contributed by atoms with Crippen molar-refractivity contribution in [2.24, 2.45) is 21.7 Å². The summed E-state index contributed by atoms with van der Waals surface area (Å²) in [6.07, 6.45) is 5.36. The van der Waals surface area contributed by atoms with Gasteiger partial charge in [0.25, 0.3) is 0 Å². The summed E-state index contributed by atoms with van der Waals surface area (Å²) in [4.78, 5) is 5.09. The van der Waals surface area contributed by atoms with Crippen LogP contribution in [0.4, 0.5) is 0 Å². The Morgan fingerprint density at radius 1 is 1.31 bits per heavy atom. The lowest BCUT2D eigenvalue weighted by Gasteiger charge is -2.49. The molecule has 0 radical (unpaired) electrons. The molecule has 0 amide bonds. The van der Waals surface area contributed by atoms with Crippen LogP contribution in [0.15, 0.2) is 4.99 Å². The van der Waals surface area contributed by atoms with Crippen molar-refractivity contribution in [3.63, 3.8) is 0 Å². The number of aliphatic imine (C=N–C) groups is 1. The monoisotopic (exact) mass is 221 g/mol. The Bertz CT molecular complexity index is 322. The summed E-state index contributed by atoms with van der Waals surface area (Å²) in [5.41, 5.74) is 2.16. The van der Waals surface area contributed by atoms with Gasteiger partial charge < -0.3 is 4.74 Å². The summed E-state index contributed by atoms with van der Waals surface area (Å²) in [6, 6.07) is 0.587. The molecule has 0 N–H and O–H groups in total. The topological polar surface area (TPSA) is 21.6 Å². The van der Waals surface area contributed by atoms with E-state index in [1.807, 2.05) is 0 Å². The molecule has 2 heteroatoms. The van der Waals surface area contributed by atoms with Crippen molar-refractivity contribution >= 4 is 5.71 Å². The van der Waals surface area contributed by atoms with Crippen molar-refractivity contribution in [3.05, 3.63) is 0 Å². The van der Waals surface area contributed by atoms with Crippen molar-refractivity contribution in [1.82, 2.24) is 0 Å². The molecule has 90 valence electrons. The summed E-state index contributed by atoms with van der Waals surface area (Å²) in [7, 11) is 0. The highest BCUT2D eigenvalue weighted by atomic mass is 16.5. The summed E-state index contributed by atoms with van der Waals surface area (Å²) in [6.45, 7) is 8.83. The highest BCUT2D eigenvalue weighted by molar-refractivity contribution is 5.91. The van der Waals surface area contributed by atoms with Crippen molar-refractivity contribution in [2.45, 2.75) is 52.5 Å². The van der Waals surface area contributed by atoms with Crippen LogP contribution in [0.1, 0.15) is 46.5 Å². The minimum atomic E-state index is 0.267. The first-order valence-corrected chi connectivity index (χ1v) is 6.66. The molecular formula is C14H23NO. The highest BCUT2D eigenvalue weighted by Gasteiger charge is 2.53. The van der Waals surface area contributed by atoms with E-state index in [0.717, 1.165) is 19.1 Å². The van der Waals surface area contributed by atoms with Gasteiger partial charge in [-0.15, -0.1) is 0 Å². The molecule has 0 aromatic carbocycles. The van der Waals surface area contributed by atoms with E-state index in [0.29, 0.717) is 11.5 Å². The van der Waals surface area contributed by atoms with Crippen LogP contribution in [0.25, 0.3) is 0 Å². The number of fused-ring (bicyclic) bond motifs is 2. The average molecular weight is 221 g/mol. The molecule has 2 atom stereocenters. The maximum absolute atomic E-state index is 5.48. The third kappa shape index (κ3) is 1.46. The summed E-state index contributed by atoms with van der Waals surface area (Å²) < 4.78 is 5.48. The fourth-order valence-corrected chi connectivity index (χ4v) is 3.63. The number of rotatable bonds is 0. The quantitative estimate of drug-likeness (QED) is 0.616. The van der Waals surface area contributed by atoms with Gasteiger partial charge in [-0.25, -0.2) is 0 Å². The molecule has 2 nitrogen and oxygen atoms in total. The first kappa shape index (κ1) is 10.8. The molecule has 2 unspecified atom stereocenters. The van der Waals surface area contributed by atoms with Crippen LogP contribution in [0.2, 0.25) is 0 Å². The van der Waals surface area contributed by atoms with Crippen LogP contribution in [0, 0.1) is 16.7 Å². The van der Waals surface area contributed by atoms with E-state index in [1.165, 1.54) is 31.4 Å². The maximum atomic E-state index is 5.48. The molecule has 0 aromatic rings. The molecule has 1 aliphatic carbocycles. The van der Waals surface area contributed by atoms with Gasteiger partial charge in [0.05, 0.1) is 19.3 Å². The summed E-state index contributed by atoms with van der Waals surface area (Å²) in [5.74, 6) is 0.826. The van der Waals surface area contributed by atoms with Gasteiger partial charge in [0, 0.05) is 11.1 Å². The van der Waals surface area contributed by atoms with E-state index >= 15 is 0 Å². The molecule has 1 saturated heterocycles. The molecule has 2 heterocycles. The third-order valence-corrected chi connectivity index (χ3v) is 4.72. The molecule has 3 rings (SSSR count). The molecule has 2 fully saturated rings. The van der Waals surface area contributed by atoms with E-state index in [1.54, 1.807) is 0 Å². The fraction of sp³-hybridized carbons (Fsp3) is 0.929. The largest absolute Gasteiger partial charge is 0.380 e. The van der Waals surface area contributed by atoms with E-state index < -0.39 is 0 Å². The van der Waals surface area contributed by atoms with E-state index in [9.17, 15) is 0 Å². The van der Waals surface area contributed by atoms with Crippen LogP contribution in [0.5, 0.6) is 0 Å². The lowest BCUT2D eigenvalue weighted by atomic mass is 9.64. The summed E-state index contributed by atoms with van der Waals surface area (Å²) in [5, 5.41) is 0. The highest BCUT2D eigenvalue weighted by Crippen LogP contribution is 2.51. The van der Waals surface area contributed by atoms with Gasteiger partial charge in [-0.3, -0.25) is 4.99 Å². The van der Waals surface area contributed by atoms with Crippen LogP contribution in [-0.2, 0) is 4.74 Å². The van der Waals surface area contributed by atoms with Crippen molar-refractivity contribution in [2.75, 3.05) is 13.2 Å². The van der Waals surface area contributed by atoms with Crippen LogP contribution >= 0.6 is 0 Å². The van der Waals surface area contributed by atoms with E-state index in [2.05, 4.69) is 20.8 Å². The number of ether oxygens (including phenoxy) is 1. The van der Waals surface area contributed by atoms with E-state index in [-0.39, 0.29) is 5.41 Å². The number of nitrogens with zero attached hydrogens (tertiary/aromatic N) is 1. The molecule has 3 aliphatic rings. The number of hydrogen-bond acceptors (Lipinski definition) is 2.